The molecule has 0 aliphatic heterocycles. The second kappa shape index (κ2) is 3.24. The van der Waals surface area contributed by atoms with Gasteiger partial charge in [-0.3, -0.25) is 0 Å². The molecule has 0 heterocycles. The summed E-state index contributed by atoms with van der Waals surface area (Å²) in [7, 11) is 0. The standard InChI is InChI=1S/C4H11ClN2/c1-3(5)4(7)2-6/h3-4H,2,6-7H2,1H3. The lowest BCUT2D eigenvalue weighted by Gasteiger charge is -2.08. The summed E-state index contributed by atoms with van der Waals surface area (Å²) in [6.45, 7) is 2.30. The van der Waals surface area contributed by atoms with Crippen LogP contribution in [0, 0.1) is 0 Å². The van der Waals surface area contributed by atoms with Gasteiger partial charge in [0.25, 0.3) is 0 Å². The first-order valence-corrected chi connectivity index (χ1v) is 2.72. The van der Waals surface area contributed by atoms with Crippen LogP contribution in [0.4, 0.5) is 0 Å². The highest BCUT2D eigenvalue weighted by Gasteiger charge is 2.04. The average molecular weight is 123 g/mol. The van der Waals surface area contributed by atoms with E-state index in [9.17, 15) is 0 Å². The molecule has 0 saturated heterocycles. The number of rotatable bonds is 2. The van der Waals surface area contributed by atoms with Crippen molar-refractivity contribution >= 4 is 11.6 Å². The molecule has 0 aromatic carbocycles. The molecule has 0 aliphatic rings. The summed E-state index contributed by atoms with van der Waals surface area (Å²) in [4.78, 5) is 0. The van der Waals surface area contributed by atoms with Crippen LogP contribution in [-0.4, -0.2) is 18.0 Å². The molecule has 0 rings (SSSR count). The van der Waals surface area contributed by atoms with Gasteiger partial charge in [-0.05, 0) is 6.92 Å². The topological polar surface area (TPSA) is 52.0 Å². The fourth-order valence-electron chi connectivity index (χ4n) is 0.188. The average Bonchev–Trinajstić information content (AvgIpc) is 1.65. The minimum atomic E-state index is -0.0540. The smallest absolute Gasteiger partial charge is 0.0471 e. The first kappa shape index (κ1) is 7.21. The van der Waals surface area contributed by atoms with E-state index < -0.39 is 0 Å². The highest BCUT2D eigenvalue weighted by atomic mass is 35.5. The molecule has 0 aromatic heterocycles. The van der Waals surface area contributed by atoms with Crippen molar-refractivity contribution in [3.63, 3.8) is 0 Å². The van der Waals surface area contributed by atoms with Gasteiger partial charge in [-0.1, -0.05) is 0 Å². The Hall–Kier alpha value is 0.210. The van der Waals surface area contributed by atoms with Crippen LogP contribution in [0.5, 0.6) is 0 Å². The number of alkyl halides is 1. The van der Waals surface area contributed by atoms with Crippen molar-refractivity contribution in [3.8, 4) is 0 Å². The van der Waals surface area contributed by atoms with Gasteiger partial charge in [-0.2, -0.15) is 0 Å². The summed E-state index contributed by atoms with van der Waals surface area (Å²) in [6, 6.07) is -0.0540. The van der Waals surface area contributed by atoms with Gasteiger partial charge in [0, 0.05) is 18.0 Å². The molecule has 0 aromatic rings. The largest absolute Gasteiger partial charge is 0.329 e. The highest BCUT2D eigenvalue weighted by Crippen LogP contribution is 1.95. The number of hydrogen-bond donors (Lipinski definition) is 2. The van der Waals surface area contributed by atoms with Crippen molar-refractivity contribution in [2.45, 2.75) is 18.3 Å². The van der Waals surface area contributed by atoms with E-state index in [1.54, 1.807) is 0 Å². The van der Waals surface area contributed by atoms with Gasteiger partial charge in [-0.15, -0.1) is 11.6 Å². The van der Waals surface area contributed by atoms with E-state index in [2.05, 4.69) is 0 Å². The molecule has 0 saturated carbocycles. The van der Waals surface area contributed by atoms with Crippen LogP contribution in [0.15, 0.2) is 0 Å². The molecule has 0 aliphatic carbocycles. The third kappa shape index (κ3) is 2.85. The predicted octanol–water partition coefficient (Wildman–Crippen LogP) is -0.100. The Morgan fingerprint density at radius 3 is 2.14 bits per heavy atom. The van der Waals surface area contributed by atoms with E-state index in [1.165, 1.54) is 0 Å². The van der Waals surface area contributed by atoms with E-state index in [0.29, 0.717) is 6.54 Å². The van der Waals surface area contributed by atoms with Crippen molar-refractivity contribution in [1.82, 2.24) is 0 Å². The molecule has 44 valence electrons. The third-order valence-electron chi connectivity index (χ3n) is 0.862. The molecular weight excluding hydrogens is 112 g/mol. The van der Waals surface area contributed by atoms with Crippen molar-refractivity contribution in [3.05, 3.63) is 0 Å². The molecule has 2 nitrogen and oxygen atoms in total. The molecule has 0 fully saturated rings. The molecule has 3 heteroatoms. The maximum Gasteiger partial charge on any atom is 0.0471 e. The van der Waals surface area contributed by atoms with Crippen LogP contribution in [0.3, 0.4) is 0 Å². The second-order valence-corrected chi connectivity index (χ2v) is 2.27. The Labute approximate surface area is 48.8 Å². The predicted molar refractivity (Wildman–Crippen MR) is 32.3 cm³/mol. The molecule has 0 radical (unpaired) electrons. The van der Waals surface area contributed by atoms with Crippen LogP contribution in [-0.2, 0) is 0 Å². The van der Waals surface area contributed by atoms with Gasteiger partial charge in [-0.25, -0.2) is 0 Å². The van der Waals surface area contributed by atoms with Gasteiger partial charge in [0.05, 0.1) is 0 Å². The van der Waals surface area contributed by atoms with Crippen LogP contribution in [0.25, 0.3) is 0 Å². The summed E-state index contributed by atoms with van der Waals surface area (Å²) < 4.78 is 0. The summed E-state index contributed by atoms with van der Waals surface area (Å²) >= 11 is 5.52. The van der Waals surface area contributed by atoms with E-state index in [4.69, 9.17) is 23.1 Å². The highest BCUT2D eigenvalue weighted by molar-refractivity contribution is 6.20. The van der Waals surface area contributed by atoms with Crippen molar-refractivity contribution in [2.75, 3.05) is 6.54 Å². The summed E-state index contributed by atoms with van der Waals surface area (Å²) in [5.74, 6) is 0. The minimum Gasteiger partial charge on any atom is -0.329 e. The first-order chi connectivity index (χ1) is 3.18. The lowest BCUT2D eigenvalue weighted by Crippen LogP contribution is -2.36. The van der Waals surface area contributed by atoms with E-state index in [0.717, 1.165) is 0 Å². The maximum atomic E-state index is 5.52. The second-order valence-electron chi connectivity index (χ2n) is 1.58. The molecule has 0 bridgehead atoms. The molecular formula is C4H11ClN2. The Kier molecular flexibility index (Phi) is 3.34. The fraction of sp³-hybridized carbons (Fsp3) is 1.00. The van der Waals surface area contributed by atoms with Crippen LogP contribution >= 0.6 is 11.6 Å². The summed E-state index contributed by atoms with van der Waals surface area (Å²) in [5.41, 5.74) is 10.5. The molecule has 4 N–H and O–H groups in total. The molecule has 7 heavy (non-hydrogen) atoms. The third-order valence-corrected chi connectivity index (χ3v) is 1.19. The number of nitrogens with two attached hydrogens (primary N) is 2. The fourth-order valence-corrected chi connectivity index (χ4v) is 0.290. The van der Waals surface area contributed by atoms with Gasteiger partial charge >= 0.3 is 0 Å². The van der Waals surface area contributed by atoms with Gasteiger partial charge in [0.2, 0.25) is 0 Å². The Morgan fingerprint density at radius 2 is 2.14 bits per heavy atom. The minimum absolute atomic E-state index is 0.00926. The van der Waals surface area contributed by atoms with Gasteiger partial charge < -0.3 is 11.5 Å². The van der Waals surface area contributed by atoms with Crippen molar-refractivity contribution in [2.24, 2.45) is 11.5 Å². The molecule has 0 spiro atoms. The summed E-state index contributed by atoms with van der Waals surface area (Å²) in [5, 5.41) is -0.00926. The molecule has 2 atom stereocenters. The summed E-state index contributed by atoms with van der Waals surface area (Å²) in [6.07, 6.45) is 0. The number of halogens is 1. The normalized spacial score (nSPS) is 18.9. The first-order valence-electron chi connectivity index (χ1n) is 2.28. The Morgan fingerprint density at radius 1 is 1.71 bits per heavy atom. The van der Waals surface area contributed by atoms with E-state index in [-0.39, 0.29) is 11.4 Å². The monoisotopic (exact) mass is 122 g/mol. The zero-order valence-corrected chi connectivity index (χ0v) is 5.15. The SMILES string of the molecule is CC(Cl)C(N)CN. The van der Waals surface area contributed by atoms with Crippen LogP contribution in [0.2, 0.25) is 0 Å². The van der Waals surface area contributed by atoms with E-state index in [1.807, 2.05) is 6.92 Å². The molecule has 2 unspecified atom stereocenters. The lowest BCUT2D eigenvalue weighted by atomic mass is 10.2. The lowest BCUT2D eigenvalue weighted by molar-refractivity contribution is 0.667. The Balaban J connectivity index is 3.14. The maximum absolute atomic E-state index is 5.52. The van der Waals surface area contributed by atoms with Gasteiger partial charge in [0.15, 0.2) is 0 Å². The van der Waals surface area contributed by atoms with E-state index >= 15 is 0 Å². The van der Waals surface area contributed by atoms with Crippen LogP contribution in [0.1, 0.15) is 6.92 Å². The zero-order chi connectivity index (χ0) is 5.86. The van der Waals surface area contributed by atoms with Crippen LogP contribution < -0.4 is 11.5 Å². The zero-order valence-electron chi connectivity index (χ0n) is 4.39. The quantitative estimate of drug-likeness (QED) is 0.503. The van der Waals surface area contributed by atoms with Crippen molar-refractivity contribution in [1.29, 1.82) is 0 Å². The van der Waals surface area contributed by atoms with Crippen molar-refractivity contribution < 1.29 is 0 Å². The Bertz CT molecular complexity index is 47.0. The number of hydrogen-bond acceptors (Lipinski definition) is 2. The van der Waals surface area contributed by atoms with Gasteiger partial charge in [0.1, 0.15) is 0 Å². The molecule has 0 amide bonds.